The largest absolute Gasteiger partial charge is 0.314 e. The zero-order chi connectivity index (χ0) is 13.8. The molecule has 1 saturated carbocycles. The highest BCUT2D eigenvalue weighted by molar-refractivity contribution is 7.89. The Morgan fingerprint density at radius 2 is 1.89 bits per heavy atom. The molecule has 0 atom stereocenters. The van der Waals surface area contributed by atoms with Crippen molar-refractivity contribution >= 4 is 10.0 Å². The highest BCUT2D eigenvalue weighted by Crippen LogP contribution is 2.18. The van der Waals surface area contributed by atoms with Crippen molar-refractivity contribution in [2.45, 2.75) is 44.7 Å². The number of nitrogens with one attached hydrogen (secondary N) is 2. The summed E-state index contributed by atoms with van der Waals surface area (Å²) in [6.07, 6.45) is 3.15. The lowest BCUT2D eigenvalue weighted by atomic mass is 10.1. The zero-order valence-electron chi connectivity index (χ0n) is 12.0. The van der Waals surface area contributed by atoms with Gasteiger partial charge in [0.25, 0.3) is 0 Å². The van der Waals surface area contributed by atoms with E-state index >= 15 is 0 Å². The summed E-state index contributed by atoms with van der Waals surface area (Å²) in [4.78, 5) is 2.02. The van der Waals surface area contributed by atoms with Crippen molar-refractivity contribution in [3.05, 3.63) is 0 Å². The van der Waals surface area contributed by atoms with Crippen LogP contribution in [0, 0.1) is 0 Å². The third-order valence-electron chi connectivity index (χ3n) is 3.54. The summed E-state index contributed by atoms with van der Waals surface area (Å²) in [5.41, 5.74) is -0.167. The van der Waals surface area contributed by atoms with Crippen LogP contribution in [-0.4, -0.2) is 57.8 Å². The summed E-state index contributed by atoms with van der Waals surface area (Å²) in [6.45, 7) is 5.27. The van der Waals surface area contributed by atoms with Crippen molar-refractivity contribution in [1.29, 1.82) is 0 Å². The number of rotatable bonds is 9. The predicted molar refractivity (Wildman–Crippen MR) is 75.2 cm³/mol. The molecule has 1 fully saturated rings. The molecule has 18 heavy (non-hydrogen) atoms. The molecule has 0 radical (unpaired) electrons. The maximum Gasteiger partial charge on any atom is 0.211 e. The fourth-order valence-electron chi connectivity index (χ4n) is 1.37. The molecule has 108 valence electrons. The SMILES string of the molecule is CN(C)C(C)(C)CNS(=O)(=O)CCCNC1CC1. The molecule has 0 heterocycles. The molecular formula is C12H27N3O2S. The van der Waals surface area contributed by atoms with Gasteiger partial charge in [-0.25, -0.2) is 13.1 Å². The standard InChI is InChI=1S/C12H27N3O2S/c1-12(2,15(3)4)10-14-18(16,17)9-5-8-13-11-6-7-11/h11,13-14H,5-10H2,1-4H3. The zero-order valence-corrected chi connectivity index (χ0v) is 12.8. The van der Waals surface area contributed by atoms with Gasteiger partial charge in [0.05, 0.1) is 5.75 Å². The van der Waals surface area contributed by atoms with Gasteiger partial charge >= 0.3 is 0 Å². The fourth-order valence-corrected chi connectivity index (χ4v) is 2.61. The summed E-state index contributed by atoms with van der Waals surface area (Å²) in [5, 5.41) is 3.32. The number of sulfonamides is 1. The van der Waals surface area contributed by atoms with Crippen LogP contribution in [-0.2, 0) is 10.0 Å². The molecule has 0 amide bonds. The first-order valence-electron chi connectivity index (χ1n) is 6.61. The predicted octanol–water partition coefficient (Wildman–Crippen LogP) is 0.388. The summed E-state index contributed by atoms with van der Waals surface area (Å²) in [7, 11) is 0.762. The van der Waals surface area contributed by atoms with Crippen LogP contribution < -0.4 is 10.0 Å². The molecule has 6 heteroatoms. The lowest BCUT2D eigenvalue weighted by Gasteiger charge is -2.32. The van der Waals surface area contributed by atoms with Crippen molar-refractivity contribution in [3.63, 3.8) is 0 Å². The molecule has 1 aliphatic carbocycles. The van der Waals surface area contributed by atoms with Crippen LogP contribution in [0.4, 0.5) is 0 Å². The molecule has 1 rings (SSSR count). The van der Waals surface area contributed by atoms with Crippen LogP contribution in [0.5, 0.6) is 0 Å². The van der Waals surface area contributed by atoms with E-state index < -0.39 is 10.0 Å². The van der Waals surface area contributed by atoms with E-state index in [-0.39, 0.29) is 11.3 Å². The van der Waals surface area contributed by atoms with Crippen molar-refractivity contribution in [3.8, 4) is 0 Å². The van der Waals surface area contributed by atoms with E-state index in [1.54, 1.807) is 0 Å². The van der Waals surface area contributed by atoms with E-state index in [0.29, 0.717) is 19.0 Å². The van der Waals surface area contributed by atoms with E-state index in [1.807, 2.05) is 32.8 Å². The first-order chi connectivity index (χ1) is 8.23. The molecule has 0 aliphatic heterocycles. The van der Waals surface area contributed by atoms with E-state index in [0.717, 1.165) is 6.54 Å². The van der Waals surface area contributed by atoms with Crippen LogP contribution >= 0.6 is 0 Å². The second-order valence-electron chi connectivity index (χ2n) is 5.93. The molecule has 1 aliphatic rings. The van der Waals surface area contributed by atoms with Crippen molar-refractivity contribution in [2.24, 2.45) is 0 Å². The molecule has 0 saturated heterocycles. The third-order valence-corrected chi connectivity index (χ3v) is 4.95. The Morgan fingerprint density at radius 1 is 1.28 bits per heavy atom. The van der Waals surface area contributed by atoms with Crippen LogP contribution in [0.1, 0.15) is 33.1 Å². The highest BCUT2D eigenvalue weighted by Gasteiger charge is 2.23. The Hall–Kier alpha value is -0.170. The summed E-state index contributed by atoms with van der Waals surface area (Å²) < 4.78 is 26.3. The van der Waals surface area contributed by atoms with Crippen molar-refractivity contribution < 1.29 is 8.42 Å². The minimum atomic E-state index is -3.14. The molecule has 5 nitrogen and oxygen atoms in total. The van der Waals surface area contributed by atoms with Crippen molar-refractivity contribution in [1.82, 2.24) is 14.9 Å². The van der Waals surface area contributed by atoms with Gasteiger partial charge in [0, 0.05) is 18.1 Å². The average molecular weight is 277 g/mol. The van der Waals surface area contributed by atoms with Gasteiger partial charge in [0.15, 0.2) is 0 Å². The molecular weight excluding hydrogens is 250 g/mol. The summed E-state index contributed by atoms with van der Waals surface area (Å²) >= 11 is 0. The lowest BCUT2D eigenvalue weighted by molar-refractivity contribution is 0.199. The van der Waals surface area contributed by atoms with Crippen LogP contribution in [0.15, 0.2) is 0 Å². The normalized spacial score (nSPS) is 17.4. The second-order valence-corrected chi connectivity index (χ2v) is 7.86. The van der Waals surface area contributed by atoms with E-state index in [2.05, 4.69) is 10.0 Å². The minimum absolute atomic E-state index is 0.167. The van der Waals surface area contributed by atoms with Gasteiger partial charge in [-0.2, -0.15) is 0 Å². The van der Waals surface area contributed by atoms with Gasteiger partial charge in [-0.15, -0.1) is 0 Å². The summed E-state index contributed by atoms with van der Waals surface area (Å²) in [6, 6.07) is 0.647. The highest BCUT2D eigenvalue weighted by atomic mass is 32.2. The number of nitrogens with zero attached hydrogens (tertiary/aromatic N) is 1. The Kier molecular flexibility index (Phi) is 5.58. The number of likely N-dealkylation sites (N-methyl/N-ethyl adjacent to an activating group) is 1. The maximum atomic E-state index is 11.8. The molecule has 0 bridgehead atoms. The Labute approximate surface area is 111 Å². The Morgan fingerprint density at radius 3 is 2.39 bits per heavy atom. The van der Waals surface area contributed by atoms with Gasteiger partial charge in [-0.1, -0.05) is 0 Å². The van der Waals surface area contributed by atoms with E-state index in [9.17, 15) is 8.42 Å². The first-order valence-corrected chi connectivity index (χ1v) is 8.26. The molecule has 0 aromatic carbocycles. The topological polar surface area (TPSA) is 61.4 Å². The van der Waals surface area contributed by atoms with E-state index in [1.165, 1.54) is 12.8 Å². The van der Waals surface area contributed by atoms with E-state index in [4.69, 9.17) is 0 Å². The van der Waals surface area contributed by atoms with Crippen molar-refractivity contribution in [2.75, 3.05) is 32.9 Å². The molecule has 0 unspecified atom stereocenters. The second kappa shape index (κ2) is 6.32. The van der Waals surface area contributed by atoms with Crippen LogP contribution in [0.3, 0.4) is 0 Å². The molecule has 2 N–H and O–H groups in total. The van der Waals surface area contributed by atoms with Crippen LogP contribution in [0.25, 0.3) is 0 Å². The quantitative estimate of drug-likeness (QED) is 0.599. The molecule has 0 aromatic rings. The minimum Gasteiger partial charge on any atom is -0.314 e. The Bertz CT molecular complexity index is 348. The average Bonchev–Trinajstić information content (AvgIpc) is 3.06. The lowest BCUT2D eigenvalue weighted by Crippen LogP contribution is -2.48. The number of hydrogen-bond donors (Lipinski definition) is 2. The van der Waals surface area contributed by atoms with Gasteiger partial charge in [-0.3, -0.25) is 0 Å². The Balaban J connectivity index is 2.21. The first kappa shape index (κ1) is 15.9. The monoisotopic (exact) mass is 277 g/mol. The number of hydrogen-bond acceptors (Lipinski definition) is 4. The van der Waals surface area contributed by atoms with Gasteiger partial charge in [0.1, 0.15) is 0 Å². The van der Waals surface area contributed by atoms with Gasteiger partial charge in [0.2, 0.25) is 10.0 Å². The molecule has 0 aromatic heterocycles. The van der Waals surface area contributed by atoms with Gasteiger partial charge in [-0.05, 0) is 53.8 Å². The smallest absolute Gasteiger partial charge is 0.211 e. The third kappa shape index (κ3) is 6.13. The molecule has 0 spiro atoms. The summed E-state index contributed by atoms with van der Waals surface area (Å²) in [5.74, 6) is 0.205. The maximum absolute atomic E-state index is 11.8. The van der Waals surface area contributed by atoms with Gasteiger partial charge < -0.3 is 10.2 Å². The fraction of sp³-hybridized carbons (Fsp3) is 1.00. The van der Waals surface area contributed by atoms with Crippen LogP contribution in [0.2, 0.25) is 0 Å².